The number of methoxy groups -OCH3 is 1. The number of amides is 1. The van der Waals surface area contributed by atoms with E-state index in [9.17, 15) is 19.5 Å². The van der Waals surface area contributed by atoms with Crippen LogP contribution >= 0.6 is 15.9 Å². The molecule has 4 rings (SSSR count). The summed E-state index contributed by atoms with van der Waals surface area (Å²) >= 11 is 3.33. The lowest BCUT2D eigenvalue weighted by Crippen LogP contribution is -2.29. The fourth-order valence-corrected chi connectivity index (χ4v) is 3.80. The van der Waals surface area contributed by atoms with Crippen molar-refractivity contribution in [1.82, 2.24) is 5.16 Å². The summed E-state index contributed by atoms with van der Waals surface area (Å²) in [7, 11) is 1.27. The number of aliphatic hydroxyl groups excluding tert-OH is 1. The third-order valence-corrected chi connectivity index (χ3v) is 5.60. The van der Waals surface area contributed by atoms with Crippen LogP contribution in [0.4, 0.5) is 5.82 Å². The average Bonchev–Trinajstić information content (AvgIpc) is 3.34. The molecule has 2 aromatic carbocycles. The molecule has 1 aliphatic heterocycles. The number of aromatic nitrogens is 1. The smallest absolute Gasteiger partial charge is 0.337 e. The molecule has 9 heteroatoms. The van der Waals surface area contributed by atoms with E-state index in [-0.39, 0.29) is 17.2 Å². The largest absolute Gasteiger partial charge is 0.507 e. The summed E-state index contributed by atoms with van der Waals surface area (Å²) in [6.45, 7) is 1.66. The first-order chi connectivity index (χ1) is 15.3. The van der Waals surface area contributed by atoms with Crippen LogP contribution in [-0.2, 0) is 14.3 Å². The van der Waals surface area contributed by atoms with Crippen LogP contribution in [-0.4, -0.2) is 35.0 Å². The highest BCUT2D eigenvalue weighted by Gasteiger charge is 2.48. The molecule has 1 amide bonds. The average molecular weight is 497 g/mol. The molecule has 32 heavy (non-hydrogen) atoms. The molecule has 1 fully saturated rings. The summed E-state index contributed by atoms with van der Waals surface area (Å²) in [5.74, 6) is -1.95. The van der Waals surface area contributed by atoms with Gasteiger partial charge >= 0.3 is 11.9 Å². The van der Waals surface area contributed by atoms with E-state index in [2.05, 4.69) is 21.1 Å². The van der Waals surface area contributed by atoms with Crippen molar-refractivity contribution in [1.29, 1.82) is 0 Å². The van der Waals surface area contributed by atoms with E-state index in [0.29, 0.717) is 22.5 Å². The maximum absolute atomic E-state index is 13.0. The predicted molar refractivity (Wildman–Crippen MR) is 118 cm³/mol. The van der Waals surface area contributed by atoms with Crippen LogP contribution in [0.25, 0.3) is 5.76 Å². The van der Waals surface area contributed by atoms with Crippen LogP contribution in [0.2, 0.25) is 0 Å². The van der Waals surface area contributed by atoms with Crippen LogP contribution in [0.3, 0.4) is 0 Å². The van der Waals surface area contributed by atoms with Gasteiger partial charge in [-0.3, -0.25) is 14.5 Å². The number of nitrogens with zero attached hydrogens (tertiary/aromatic N) is 2. The van der Waals surface area contributed by atoms with Crippen molar-refractivity contribution in [3.63, 3.8) is 0 Å². The fraction of sp³-hybridized carbons (Fsp3) is 0.130. The number of ketones is 1. The Balaban J connectivity index is 1.90. The molecular weight excluding hydrogens is 480 g/mol. The monoisotopic (exact) mass is 496 g/mol. The van der Waals surface area contributed by atoms with Crippen LogP contribution in [0.5, 0.6) is 0 Å². The number of ether oxygens (including phenoxy) is 1. The van der Waals surface area contributed by atoms with Gasteiger partial charge < -0.3 is 14.4 Å². The zero-order chi connectivity index (χ0) is 23.0. The summed E-state index contributed by atoms with van der Waals surface area (Å²) in [6.07, 6.45) is 0. The lowest BCUT2D eigenvalue weighted by atomic mass is 9.94. The third kappa shape index (κ3) is 3.71. The number of carbonyl (C=O) groups is 3. The van der Waals surface area contributed by atoms with E-state index >= 15 is 0 Å². The Labute approximate surface area is 191 Å². The summed E-state index contributed by atoms with van der Waals surface area (Å²) in [6, 6.07) is 13.5. The SMILES string of the molecule is COC(=O)c1ccc(C2C(=C(O)c3ccc(Br)cc3)C(=O)C(=O)N2c2cc(C)on2)cc1. The number of aliphatic hydroxyl groups is 1. The van der Waals surface area contributed by atoms with Crippen molar-refractivity contribution in [3.8, 4) is 0 Å². The van der Waals surface area contributed by atoms with Gasteiger partial charge in [0.25, 0.3) is 5.78 Å². The summed E-state index contributed by atoms with van der Waals surface area (Å²) in [4.78, 5) is 39.0. The molecule has 162 valence electrons. The summed E-state index contributed by atoms with van der Waals surface area (Å²) in [5, 5.41) is 14.9. The Morgan fingerprint density at radius 3 is 2.28 bits per heavy atom. The first-order valence-electron chi connectivity index (χ1n) is 9.50. The number of aryl methyl sites for hydroxylation is 1. The number of anilines is 1. The number of halogens is 1. The van der Waals surface area contributed by atoms with Gasteiger partial charge in [-0.2, -0.15) is 0 Å². The van der Waals surface area contributed by atoms with E-state index in [1.165, 1.54) is 30.2 Å². The molecule has 1 atom stereocenters. The van der Waals surface area contributed by atoms with Gasteiger partial charge in [0.15, 0.2) is 5.82 Å². The lowest BCUT2D eigenvalue weighted by Gasteiger charge is -2.23. The van der Waals surface area contributed by atoms with Crippen molar-refractivity contribution < 1.29 is 28.8 Å². The Morgan fingerprint density at radius 1 is 1.09 bits per heavy atom. The lowest BCUT2D eigenvalue weighted by molar-refractivity contribution is -0.132. The maximum Gasteiger partial charge on any atom is 0.337 e. The number of benzene rings is 2. The topological polar surface area (TPSA) is 110 Å². The van der Waals surface area contributed by atoms with Gasteiger partial charge in [-0.1, -0.05) is 45.4 Å². The fourth-order valence-electron chi connectivity index (χ4n) is 3.53. The third-order valence-electron chi connectivity index (χ3n) is 5.07. The van der Waals surface area contributed by atoms with E-state index in [4.69, 9.17) is 9.26 Å². The highest BCUT2D eigenvalue weighted by Crippen LogP contribution is 2.42. The predicted octanol–water partition coefficient (Wildman–Crippen LogP) is 4.16. The standard InChI is InChI=1S/C23H17BrN2O6/c1-12-11-17(25-32-12)26-19(13-3-5-15(6-4-13)23(30)31-2)18(21(28)22(26)29)20(27)14-7-9-16(24)10-8-14/h3-11,19,27H,1-2H3. The molecular formula is C23H17BrN2O6. The van der Waals surface area contributed by atoms with Crippen molar-refractivity contribution >= 4 is 45.2 Å². The van der Waals surface area contributed by atoms with Crippen LogP contribution in [0.15, 0.2) is 69.2 Å². The molecule has 1 aliphatic rings. The maximum atomic E-state index is 13.0. The second-order valence-corrected chi connectivity index (χ2v) is 8.00. The quantitative estimate of drug-likeness (QED) is 0.250. The van der Waals surface area contributed by atoms with E-state index < -0.39 is 23.7 Å². The van der Waals surface area contributed by atoms with Crippen molar-refractivity contribution in [2.75, 3.05) is 12.0 Å². The number of hydrogen-bond acceptors (Lipinski definition) is 7. The molecule has 0 saturated carbocycles. The highest BCUT2D eigenvalue weighted by molar-refractivity contribution is 9.10. The molecule has 2 heterocycles. The normalized spacial score (nSPS) is 17.6. The second kappa shape index (κ2) is 8.43. The molecule has 1 N–H and O–H groups in total. The minimum Gasteiger partial charge on any atom is -0.507 e. The number of Topliss-reactive ketones (excluding diaryl/α,β-unsaturated/α-hetero) is 1. The van der Waals surface area contributed by atoms with E-state index in [0.717, 1.165) is 4.47 Å². The molecule has 1 unspecified atom stereocenters. The van der Waals surface area contributed by atoms with Gasteiger partial charge in [-0.05, 0) is 36.8 Å². The van der Waals surface area contributed by atoms with E-state index in [1.54, 1.807) is 43.3 Å². The second-order valence-electron chi connectivity index (χ2n) is 7.09. The Hall–Kier alpha value is -3.72. The molecule has 3 aromatic rings. The number of hydrogen-bond donors (Lipinski definition) is 1. The zero-order valence-electron chi connectivity index (χ0n) is 17.0. The van der Waals surface area contributed by atoms with Crippen molar-refractivity contribution in [2.24, 2.45) is 0 Å². The van der Waals surface area contributed by atoms with Crippen LogP contribution < -0.4 is 4.90 Å². The van der Waals surface area contributed by atoms with Crippen LogP contribution in [0.1, 0.15) is 33.3 Å². The first kappa shape index (κ1) is 21.5. The summed E-state index contributed by atoms with van der Waals surface area (Å²) in [5.41, 5.74) is 1.08. The molecule has 0 radical (unpaired) electrons. The van der Waals surface area contributed by atoms with Gasteiger partial charge in [-0.15, -0.1) is 0 Å². The van der Waals surface area contributed by atoms with Gasteiger partial charge in [0, 0.05) is 16.1 Å². The number of rotatable bonds is 4. The molecule has 0 aliphatic carbocycles. The van der Waals surface area contributed by atoms with Crippen molar-refractivity contribution in [3.05, 3.63) is 87.1 Å². The highest BCUT2D eigenvalue weighted by atomic mass is 79.9. The molecule has 0 spiro atoms. The molecule has 0 bridgehead atoms. The van der Waals surface area contributed by atoms with Gasteiger partial charge in [0.1, 0.15) is 11.5 Å². The minimum atomic E-state index is -0.977. The van der Waals surface area contributed by atoms with Crippen molar-refractivity contribution in [2.45, 2.75) is 13.0 Å². The van der Waals surface area contributed by atoms with Crippen LogP contribution in [0, 0.1) is 6.92 Å². The number of esters is 1. The van der Waals surface area contributed by atoms with Gasteiger partial charge in [0.2, 0.25) is 0 Å². The molecule has 8 nitrogen and oxygen atoms in total. The summed E-state index contributed by atoms with van der Waals surface area (Å²) < 4.78 is 10.6. The zero-order valence-corrected chi connectivity index (χ0v) is 18.6. The Morgan fingerprint density at radius 2 is 1.72 bits per heavy atom. The Bertz CT molecular complexity index is 1240. The first-order valence-corrected chi connectivity index (χ1v) is 10.3. The van der Waals surface area contributed by atoms with Gasteiger partial charge in [0.05, 0.1) is 24.3 Å². The molecule has 1 saturated heterocycles. The minimum absolute atomic E-state index is 0.0937. The Kier molecular flexibility index (Phi) is 5.67. The van der Waals surface area contributed by atoms with Gasteiger partial charge in [-0.25, -0.2) is 4.79 Å². The van der Waals surface area contributed by atoms with E-state index in [1.807, 2.05) is 0 Å². The molecule has 1 aromatic heterocycles. The number of carbonyl (C=O) groups excluding carboxylic acids is 3.